The van der Waals surface area contributed by atoms with Gasteiger partial charge in [0.15, 0.2) is 16.7 Å². The molecule has 0 atom stereocenters. The molecule has 0 unspecified atom stereocenters. The summed E-state index contributed by atoms with van der Waals surface area (Å²) in [5, 5.41) is 13.0. The van der Waals surface area contributed by atoms with Gasteiger partial charge in [-0.05, 0) is 25.5 Å². The molecule has 2 aromatic heterocycles. The van der Waals surface area contributed by atoms with Crippen molar-refractivity contribution in [3.63, 3.8) is 0 Å². The van der Waals surface area contributed by atoms with Crippen LogP contribution in [0.4, 0.5) is 21.9 Å². The molecule has 1 N–H and O–H groups in total. The molecule has 2 amide bonds. The zero-order valence-electron chi connectivity index (χ0n) is 16.2. The van der Waals surface area contributed by atoms with Crippen LogP contribution in [0.1, 0.15) is 27.7 Å². The van der Waals surface area contributed by atoms with Crippen molar-refractivity contribution < 1.29 is 23.8 Å². The molecule has 11 heteroatoms. The van der Waals surface area contributed by atoms with E-state index in [1.54, 1.807) is 19.1 Å². The van der Waals surface area contributed by atoms with Gasteiger partial charge in [-0.1, -0.05) is 17.7 Å². The number of hydrogen-bond donors (Lipinski definition) is 1. The number of pyridine rings is 1. The third kappa shape index (κ3) is 2.71. The number of carbonyl (C=O) groups is 2. The zero-order chi connectivity index (χ0) is 21.9. The number of anilines is 3. The van der Waals surface area contributed by atoms with E-state index in [1.165, 1.54) is 4.90 Å². The number of nitrogens with one attached hydrogen (secondary N) is 1. The summed E-state index contributed by atoms with van der Waals surface area (Å²) in [6.45, 7) is 3.68. The van der Waals surface area contributed by atoms with Crippen LogP contribution in [0.15, 0.2) is 12.1 Å². The molecular weight excluding hydrogens is 444 g/mol. The molecule has 31 heavy (non-hydrogen) atoms. The molecule has 0 saturated heterocycles. The molecule has 0 saturated carbocycles. The van der Waals surface area contributed by atoms with Gasteiger partial charge < -0.3 is 19.5 Å². The minimum Gasteiger partial charge on any atom is -0.462 e. The Morgan fingerprint density at radius 3 is 2.97 bits per heavy atom. The van der Waals surface area contributed by atoms with E-state index in [2.05, 4.69) is 10.3 Å². The largest absolute Gasteiger partial charge is 0.462 e. The second-order valence-electron chi connectivity index (χ2n) is 6.68. The molecule has 0 radical (unpaired) electrons. The first-order valence-corrected chi connectivity index (χ1v) is 10.4. The van der Waals surface area contributed by atoms with Gasteiger partial charge in [0.1, 0.15) is 21.3 Å². The summed E-state index contributed by atoms with van der Waals surface area (Å²) < 4.78 is 16.2. The van der Waals surface area contributed by atoms with Gasteiger partial charge >= 0.3 is 12.0 Å². The van der Waals surface area contributed by atoms with Gasteiger partial charge in [0, 0.05) is 0 Å². The van der Waals surface area contributed by atoms with Crippen LogP contribution in [0.25, 0.3) is 10.2 Å². The summed E-state index contributed by atoms with van der Waals surface area (Å²) in [6.07, 6.45) is 0. The molecule has 156 valence electrons. The fraction of sp³-hybridized carbons (Fsp3) is 0.200. The summed E-state index contributed by atoms with van der Waals surface area (Å²) in [6, 6.07) is 4.99. The highest BCUT2D eigenvalue weighted by Gasteiger charge is 2.39. The highest BCUT2D eigenvalue weighted by atomic mass is 35.5. The first-order valence-electron chi connectivity index (χ1n) is 9.19. The standard InChI is InChI=1S/C20H13ClN4O5S/c1-3-28-19(26)16-12-11-14(9(6-22)17(21)24-18(11)31-16)25(20(27)23-12)13-8(2)4-5-10-15(13)30-7-29-10/h4-5H,3,7H2,1-2H3,(H,23,27). The molecule has 0 bridgehead atoms. The Balaban J connectivity index is 1.86. The van der Waals surface area contributed by atoms with Gasteiger partial charge in [-0.3, -0.25) is 4.90 Å². The summed E-state index contributed by atoms with van der Waals surface area (Å²) in [5.41, 5.74) is 1.62. The third-order valence-electron chi connectivity index (χ3n) is 4.94. The van der Waals surface area contributed by atoms with Gasteiger partial charge in [0.2, 0.25) is 6.79 Å². The predicted molar refractivity (Wildman–Crippen MR) is 114 cm³/mol. The highest BCUT2D eigenvalue weighted by molar-refractivity contribution is 7.21. The van der Waals surface area contributed by atoms with Crippen molar-refractivity contribution in [1.29, 1.82) is 5.26 Å². The van der Waals surface area contributed by atoms with E-state index in [1.807, 2.05) is 13.0 Å². The van der Waals surface area contributed by atoms with Gasteiger partial charge in [0.05, 0.1) is 29.1 Å². The number of nitrogens with zero attached hydrogens (tertiary/aromatic N) is 3. The minimum absolute atomic E-state index is 0.00870. The maximum Gasteiger partial charge on any atom is 0.350 e. The monoisotopic (exact) mass is 456 g/mol. The Bertz CT molecular complexity index is 1350. The zero-order valence-corrected chi connectivity index (χ0v) is 17.8. The maximum absolute atomic E-state index is 13.4. The number of ether oxygens (including phenoxy) is 3. The number of urea groups is 1. The summed E-state index contributed by atoms with van der Waals surface area (Å²) in [7, 11) is 0. The number of benzene rings is 1. The van der Waals surface area contributed by atoms with E-state index in [-0.39, 0.29) is 40.4 Å². The Kier molecular flexibility index (Phi) is 4.39. The number of hydrogen-bond acceptors (Lipinski definition) is 8. The fourth-order valence-corrected chi connectivity index (χ4v) is 4.97. The third-order valence-corrected chi connectivity index (χ3v) is 6.28. The van der Waals surface area contributed by atoms with E-state index in [4.69, 9.17) is 25.8 Å². The quantitative estimate of drug-likeness (QED) is 0.448. The SMILES string of the molecule is CCOC(=O)c1sc2nc(Cl)c(C#N)c3c2c1NC(=O)N3c1c(C)ccc2c1OCO2. The van der Waals surface area contributed by atoms with Crippen molar-refractivity contribution >= 4 is 62.2 Å². The van der Waals surface area contributed by atoms with Crippen LogP contribution in [0.2, 0.25) is 5.15 Å². The summed E-state index contributed by atoms with van der Waals surface area (Å²) in [5.74, 6) is 0.263. The Morgan fingerprint density at radius 1 is 1.42 bits per heavy atom. The number of fused-ring (bicyclic) bond motifs is 1. The van der Waals surface area contributed by atoms with Crippen molar-refractivity contribution in [3.05, 3.63) is 33.3 Å². The van der Waals surface area contributed by atoms with Crippen LogP contribution in [0.3, 0.4) is 0 Å². The fourth-order valence-electron chi connectivity index (χ4n) is 3.68. The van der Waals surface area contributed by atoms with Crippen LogP contribution < -0.4 is 19.7 Å². The lowest BCUT2D eigenvalue weighted by atomic mass is 10.0. The number of thiophene rings is 1. The number of aromatic nitrogens is 1. The minimum atomic E-state index is -0.594. The average molecular weight is 457 g/mol. The van der Waals surface area contributed by atoms with E-state index >= 15 is 0 Å². The van der Waals surface area contributed by atoms with E-state index < -0.39 is 12.0 Å². The number of esters is 1. The van der Waals surface area contributed by atoms with Crippen molar-refractivity contribution in [2.75, 3.05) is 23.6 Å². The lowest BCUT2D eigenvalue weighted by Gasteiger charge is -2.30. The number of rotatable bonds is 3. The topological polar surface area (TPSA) is 114 Å². The lowest BCUT2D eigenvalue weighted by Crippen LogP contribution is -2.35. The first-order chi connectivity index (χ1) is 15.0. The Morgan fingerprint density at radius 2 is 2.23 bits per heavy atom. The lowest BCUT2D eigenvalue weighted by molar-refractivity contribution is 0.0533. The van der Waals surface area contributed by atoms with Crippen molar-refractivity contribution in [2.24, 2.45) is 0 Å². The average Bonchev–Trinajstić information content (AvgIpc) is 3.34. The second-order valence-corrected chi connectivity index (χ2v) is 8.03. The number of amides is 2. The van der Waals surface area contributed by atoms with Crippen LogP contribution >= 0.6 is 22.9 Å². The Labute approximate surface area is 184 Å². The molecule has 4 heterocycles. The number of halogens is 1. The molecule has 0 aliphatic carbocycles. The highest BCUT2D eigenvalue weighted by Crippen LogP contribution is 2.53. The number of nitriles is 1. The van der Waals surface area contributed by atoms with Crippen LogP contribution in [-0.4, -0.2) is 30.4 Å². The molecule has 0 fully saturated rings. The number of carbonyl (C=O) groups excluding carboxylic acids is 2. The van der Waals surface area contributed by atoms with Crippen molar-refractivity contribution in [2.45, 2.75) is 13.8 Å². The van der Waals surface area contributed by atoms with E-state index in [0.29, 0.717) is 33.0 Å². The predicted octanol–water partition coefficient (Wildman–Crippen LogP) is 4.72. The van der Waals surface area contributed by atoms with Gasteiger partial charge in [0.25, 0.3) is 0 Å². The molecule has 0 spiro atoms. The van der Waals surface area contributed by atoms with Crippen molar-refractivity contribution in [3.8, 4) is 17.6 Å². The molecule has 1 aromatic carbocycles. The number of aryl methyl sites for hydroxylation is 1. The molecule has 2 aliphatic rings. The van der Waals surface area contributed by atoms with Crippen LogP contribution in [0.5, 0.6) is 11.5 Å². The van der Waals surface area contributed by atoms with Crippen LogP contribution in [0, 0.1) is 18.3 Å². The normalized spacial score (nSPS) is 13.9. The first kappa shape index (κ1) is 19.4. The maximum atomic E-state index is 13.4. The molecule has 2 aliphatic heterocycles. The van der Waals surface area contributed by atoms with E-state index in [9.17, 15) is 14.9 Å². The van der Waals surface area contributed by atoms with Crippen LogP contribution in [-0.2, 0) is 4.74 Å². The van der Waals surface area contributed by atoms with Gasteiger partial charge in [-0.15, -0.1) is 11.3 Å². The van der Waals surface area contributed by atoms with E-state index in [0.717, 1.165) is 11.3 Å². The smallest absolute Gasteiger partial charge is 0.350 e. The summed E-state index contributed by atoms with van der Waals surface area (Å²) >= 11 is 7.35. The molecule has 5 rings (SSSR count). The van der Waals surface area contributed by atoms with Crippen molar-refractivity contribution in [1.82, 2.24) is 4.98 Å². The molecular formula is C20H13ClN4O5S. The molecule has 9 nitrogen and oxygen atoms in total. The van der Waals surface area contributed by atoms with Gasteiger partial charge in [-0.25, -0.2) is 14.6 Å². The second kappa shape index (κ2) is 7.01. The Hall–Kier alpha value is -3.55. The molecule has 3 aromatic rings. The van der Waals surface area contributed by atoms with Gasteiger partial charge in [-0.2, -0.15) is 5.26 Å². The summed E-state index contributed by atoms with van der Waals surface area (Å²) in [4.78, 5) is 32.0.